The largest absolute Gasteiger partial charge is 0.393 e. The van der Waals surface area contributed by atoms with Crippen LogP contribution in [0.3, 0.4) is 0 Å². The third kappa shape index (κ3) is 2.20. The Hall–Kier alpha value is -0.120. The van der Waals surface area contributed by atoms with Crippen LogP contribution >= 0.6 is 0 Å². The average Bonchev–Trinajstić information content (AvgIpc) is 2.78. The summed E-state index contributed by atoms with van der Waals surface area (Å²) in [5.41, 5.74) is 0.490. The molecule has 0 amide bonds. The van der Waals surface area contributed by atoms with Crippen molar-refractivity contribution in [1.29, 1.82) is 0 Å². The monoisotopic (exact) mass is 336 g/mol. The van der Waals surface area contributed by atoms with E-state index in [2.05, 4.69) is 20.8 Å². The predicted octanol–water partition coefficient (Wildman–Crippen LogP) is 3.36. The van der Waals surface area contributed by atoms with Gasteiger partial charge in [0.2, 0.25) is 0 Å². The molecule has 4 rings (SSSR count). The zero-order valence-corrected chi connectivity index (χ0v) is 15.6. The summed E-state index contributed by atoms with van der Waals surface area (Å²) < 4.78 is 0. The first kappa shape index (κ1) is 17.3. The van der Waals surface area contributed by atoms with Crippen LogP contribution in [0.5, 0.6) is 0 Å². The van der Waals surface area contributed by atoms with E-state index in [0.29, 0.717) is 35.0 Å². The molecule has 0 heterocycles. The number of fused-ring (bicyclic) bond motifs is 5. The lowest BCUT2D eigenvalue weighted by Gasteiger charge is -2.61. The Morgan fingerprint density at radius 3 is 2.29 bits per heavy atom. The summed E-state index contributed by atoms with van der Waals surface area (Å²) in [4.78, 5) is 0. The van der Waals surface area contributed by atoms with Crippen LogP contribution in [-0.2, 0) is 0 Å². The zero-order chi connectivity index (χ0) is 17.3. The van der Waals surface area contributed by atoms with Crippen molar-refractivity contribution < 1.29 is 15.3 Å². The molecule has 0 saturated heterocycles. The molecule has 0 aromatic carbocycles. The van der Waals surface area contributed by atoms with E-state index < -0.39 is 12.2 Å². The van der Waals surface area contributed by atoms with E-state index in [-0.39, 0.29) is 11.5 Å². The van der Waals surface area contributed by atoms with Crippen LogP contribution in [0.1, 0.15) is 72.1 Å². The van der Waals surface area contributed by atoms with Crippen LogP contribution in [0.25, 0.3) is 0 Å². The molecular formula is C21H36O3. The number of hydrogen-bond donors (Lipinski definition) is 3. The van der Waals surface area contributed by atoms with Crippen LogP contribution in [-0.4, -0.2) is 33.6 Å². The van der Waals surface area contributed by atoms with Crippen molar-refractivity contribution in [2.24, 2.45) is 40.4 Å². The van der Waals surface area contributed by atoms with Crippen molar-refractivity contribution >= 4 is 0 Å². The summed E-state index contributed by atoms with van der Waals surface area (Å²) in [5, 5.41) is 31.2. The minimum absolute atomic E-state index is 0.118. The lowest BCUT2D eigenvalue weighted by Crippen LogP contribution is -2.56. The summed E-state index contributed by atoms with van der Waals surface area (Å²) >= 11 is 0. The fourth-order valence-electron chi connectivity index (χ4n) is 8.13. The number of rotatable bonds is 1. The standard InChI is InChI=1S/C21H36O3/c1-4-14-17(22)10-16-13-6-5-12-9-18(23)19(24)11-21(12,3)15(13)7-8-20(14,16)2/h12-19,22-24H,4-11H2,1-3H3/t12-,13+,14-,15-,16-,17-,18-,19+,20+,21-/m0/s1. The molecule has 0 unspecified atom stereocenters. The van der Waals surface area contributed by atoms with E-state index in [0.717, 1.165) is 25.7 Å². The minimum atomic E-state index is -0.545. The molecule has 3 N–H and O–H groups in total. The molecular weight excluding hydrogens is 300 g/mol. The van der Waals surface area contributed by atoms with Gasteiger partial charge < -0.3 is 15.3 Å². The molecule has 0 radical (unpaired) electrons. The first-order chi connectivity index (χ1) is 11.3. The summed E-state index contributed by atoms with van der Waals surface area (Å²) in [6.45, 7) is 7.09. The van der Waals surface area contributed by atoms with Crippen molar-refractivity contribution in [3.8, 4) is 0 Å². The Morgan fingerprint density at radius 1 is 0.833 bits per heavy atom. The van der Waals surface area contributed by atoms with Crippen LogP contribution < -0.4 is 0 Å². The van der Waals surface area contributed by atoms with Gasteiger partial charge in [-0.05, 0) is 85.4 Å². The Labute approximate surface area is 146 Å². The Bertz CT molecular complexity index is 493. The maximum Gasteiger partial charge on any atom is 0.0804 e. The molecule has 24 heavy (non-hydrogen) atoms. The summed E-state index contributed by atoms with van der Waals surface area (Å²) in [5.74, 6) is 3.05. The fraction of sp³-hybridized carbons (Fsp3) is 1.00. The molecule has 4 aliphatic rings. The van der Waals surface area contributed by atoms with Crippen LogP contribution in [0, 0.1) is 40.4 Å². The number of aliphatic hydroxyl groups excluding tert-OH is 3. The second-order valence-electron chi connectivity index (χ2n) is 10.1. The van der Waals surface area contributed by atoms with Crippen molar-refractivity contribution in [3.05, 3.63) is 0 Å². The van der Waals surface area contributed by atoms with Gasteiger partial charge in [0.15, 0.2) is 0 Å². The molecule has 4 aliphatic carbocycles. The highest BCUT2D eigenvalue weighted by molar-refractivity contribution is 5.11. The van der Waals surface area contributed by atoms with E-state index in [4.69, 9.17) is 0 Å². The maximum atomic E-state index is 10.7. The highest BCUT2D eigenvalue weighted by Gasteiger charge is 2.62. The highest BCUT2D eigenvalue weighted by atomic mass is 16.3. The molecule has 3 nitrogen and oxygen atoms in total. The van der Waals surface area contributed by atoms with Gasteiger partial charge in [0.05, 0.1) is 18.3 Å². The van der Waals surface area contributed by atoms with Crippen molar-refractivity contribution in [3.63, 3.8) is 0 Å². The number of hydrogen-bond acceptors (Lipinski definition) is 3. The summed E-state index contributed by atoms with van der Waals surface area (Å²) in [7, 11) is 0. The molecule has 138 valence electrons. The third-order valence-corrected chi connectivity index (χ3v) is 9.37. The molecule has 0 aliphatic heterocycles. The first-order valence-corrected chi connectivity index (χ1v) is 10.4. The van der Waals surface area contributed by atoms with Gasteiger partial charge in [-0.3, -0.25) is 0 Å². The molecule has 4 saturated carbocycles. The van der Waals surface area contributed by atoms with Crippen molar-refractivity contribution in [2.45, 2.75) is 90.4 Å². The molecule has 0 aromatic heterocycles. The molecule has 3 heteroatoms. The van der Waals surface area contributed by atoms with Gasteiger partial charge in [-0.15, -0.1) is 0 Å². The second-order valence-corrected chi connectivity index (χ2v) is 10.1. The van der Waals surface area contributed by atoms with Gasteiger partial charge in [0.1, 0.15) is 0 Å². The normalized spacial score (nSPS) is 60.2. The molecule has 10 atom stereocenters. The fourth-order valence-corrected chi connectivity index (χ4v) is 8.13. The lowest BCUT2D eigenvalue weighted by atomic mass is 9.44. The van der Waals surface area contributed by atoms with Crippen molar-refractivity contribution in [2.75, 3.05) is 0 Å². The van der Waals surface area contributed by atoms with Gasteiger partial charge in [-0.2, -0.15) is 0 Å². The van der Waals surface area contributed by atoms with E-state index in [1.165, 1.54) is 25.7 Å². The van der Waals surface area contributed by atoms with Crippen LogP contribution in [0.2, 0.25) is 0 Å². The Balaban J connectivity index is 1.63. The van der Waals surface area contributed by atoms with Gasteiger partial charge in [0, 0.05) is 0 Å². The van der Waals surface area contributed by atoms with Gasteiger partial charge >= 0.3 is 0 Å². The van der Waals surface area contributed by atoms with E-state index in [1.54, 1.807) is 0 Å². The third-order valence-electron chi connectivity index (χ3n) is 9.37. The predicted molar refractivity (Wildman–Crippen MR) is 94.3 cm³/mol. The lowest BCUT2D eigenvalue weighted by molar-refractivity contribution is -0.159. The van der Waals surface area contributed by atoms with Crippen LogP contribution in [0.4, 0.5) is 0 Å². The Kier molecular flexibility index (Phi) is 4.10. The Morgan fingerprint density at radius 2 is 1.58 bits per heavy atom. The van der Waals surface area contributed by atoms with Crippen LogP contribution in [0.15, 0.2) is 0 Å². The maximum absolute atomic E-state index is 10.7. The quantitative estimate of drug-likeness (QED) is 0.688. The molecule has 0 bridgehead atoms. The SMILES string of the molecule is CC[C@H]1[C@@H](O)C[C@H]2[C@@H]3CC[C@H]4C[C@H](O)[C@H](O)C[C@]4(C)[C@H]3CC[C@@]21C. The van der Waals surface area contributed by atoms with Crippen molar-refractivity contribution in [1.82, 2.24) is 0 Å². The minimum Gasteiger partial charge on any atom is -0.393 e. The van der Waals surface area contributed by atoms with E-state index in [1.807, 2.05) is 0 Å². The van der Waals surface area contributed by atoms with Gasteiger partial charge in [-0.1, -0.05) is 27.2 Å². The number of aliphatic hydroxyl groups is 3. The summed E-state index contributed by atoms with van der Waals surface area (Å²) in [6, 6.07) is 0. The summed E-state index contributed by atoms with van der Waals surface area (Å²) in [6.07, 6.45) is 7.38. The van der Waals surface area contributed by atoms with E-state index >= 15 is 0 Å². The zero-order valence-electron chi connectivity index (χ0n) is 15.6. The smallest absolute Gasteiger partial charge is 0.0804 e. The van der Waals surface area contributed by atoms with Gasteiger partial charge in [-0.25, -0.2) is 0 Å². The highest BCUT2D eigenvalue weighted by Crippen LogP contribution is 2.67. The second kappa shape index (κ2) is 5.69. The molecule has 4 fully saturated rings. The molecule has 0 aromatic rings. The first-order valence-electron chi connectivity index (χ1n) is 10.4. The average molecular weight is 337 g/mol. The molecule has 0 spiro atoms. The van der Waals surface area contributed by atoms with Gasteiger partial charge in [0.25, 0.3) is 0 Å². The topological polar surface area (TPSA) is 60.7 Å². The van der Waals surface area contributed by atoms with E-state index in [9.17, 15) is 15.3 Å².